The van der Waals surface area contributed by atoms with E-state index in [-0.39, 0.29) is 16.7 Å². The smallest absolute Gasteiger partial charge is 0.339 e. The number of hydrogen-bond donors (Lipinski definition) is 4. The summed E-state index contributed by atoms with van der Waals surface area (Å²) < 4.78 is 0. The fourth-order valence-electron chi connectivity index (χ4n) is 2.04. The van der Waals surface area contributed by atoms with Gasteiger partial charge in [0.05, 0.1) is 5.56 Å². The van der Waals surface area contributed by atoms with E-state index in [0.29, 0.717) is 16.7 Å². The van der Waals surface area contributed by atoms with E-state index < -0.39 is 11.9 Å². The van der Waals surface area contributed by atoms with Crippen molar-refractivity contribution in [2.75, 3.05) is 5.73 Å². The SMILES string of the molecule is C=CC.C=CC(C)(C)C.Cc1ccc(C(C)(C)C)cc1C(=O)O.Nc1ccc(O)c(C(=O)O)c1. The molecular formula is C28H41NO5. The van der Waals surface area contributed by atoms with Crippen LogP contribution in [-0.2, 0) is 5.41 Å². The Morgan fingerprint density at radius 1 is 0.882 bits per heavy atom. The minimum Gasteiger partial charge on any atom is -0.507 e. The van der Waals surface area contributed by atoms with Crippen molar-refractivity contribution >= 4 is 17.6 Å². The molecule has 0 unspecified atom stereocenters. The summed E-state index contributed by atoms with van der Waals surface area (Å²) in [5.74, 6) is -2.31. The molecule has 0 bridgehead atoms. The van der Waals surface area contributed by atoms with Crippen LogP contribution in [0.25, 0.3) is 0 Å². The van der Waals surface area contributed by atoms with E-state index in [2.05, 4.69) is 54.7 Å². The monoisotopic (exact) mass is 471 g/mol. The average Bonchev–Trinajstić information content (AvgIpc) is 2.70. The van der Waals surface area contributed by atoms with Crippen molar-refractivity contribution in [2.24, 2.45) is 5.41 Å². The molecule has 2 rings (SSSR count). The number of aromatic hydroxyl groups is 1. The highest BCUT2D eigenvalue weighted by atomic mass is 16.4. The quantitative estimate of drug-likeness (QED) is 0.211. The van der Waals surface area contributed by atoms with Crippen molar-refractivity contribution in [3.8, 4) is 5.75 Å². The largest absolute Gasteiger partial charge is 0.507 e. The van der Waals surface area contributed by atoms with Crippen LogP contribution < -0.4 is 5.73 Å². The number of aromatic carboxylic acids is 2. The molecule has 0 saturated carbocycles. The molecule has 0 fully saturated rings. The number of aryl methyl sites for hydroxylation is 1. The standard InChI is InChI=1S/C12H16O2.C7H7NO3.C6H12.C3H6/c1-8-5-6-9(12(2,3)4)7-10(8)11(13)14;8-4-1-2-6(9)5(3-4)7(10)11;1-5-6(2,3)4;1-3-2/h5-7H,1-4H3,(H,13,14);1-3,9H,8H2,(H,10,11);5H,1H2,2-4H3;3H,1H2,2H3. The van der Waals surface area contributed by atoms with Crippen LogP contribution in [0.1, 0.15) is 80.3 Å². The number of allylic oxidation sites excluding steroid dienone is 2. The molecule has 0 aromatic heterocycles. The van der Waals surface area contributed by atoms with Gasteiger partial charge in [-0.05, 0) is 60.1 Å². The number of anilines is 1. The van der Waals surface area contributed by atoms with E-state index in [4.69, 9.17) is 21.1 Å². The summed E-state index contributed by atoms with van der Waals surface area (Å²) in [6, 6.07) is 9.50. The number of benzene rings is 2. The fraction of sp³-hybridized carbons (Fsp3) is 0.357. The molecule has 188 valence electrons. The molecule has 0 amide bonds. The predicted molar refractivity (Wildman–Crippen MR) is 142 cm³/mol. The maximum atomic E-state index is 10.9. The third-order valence-corrected chi connectivity index (χ3v) is 4.20. The third kappa shape index (κ3) is 13.8. The first-order valence-electron chi connectivity index (χ1n) is 10.8. The molecular weight excluding hydrogens is 430 g/mol. The first kappa shape index (κ1) is 32.6. The van der Waals surface area contributed by atoms with Crippen LogP contribution in [0.4, 0.5) is 5.69 Å². The lowest BCUT2D eigenvalue weighted by atomic mass is 9.85. The fourth-order valence-corrected chi connectivity index (χ4v) is 2.04. The summed E-state index contributed by atoms with van der Waals surface area (Å²) in [5.41, 5.74) is 8.01. The summed E-state index contributed by atoms with van der Waals surface area (Å²) in [6.07, 6.45) is 3.69. The zero-order chi connectivity index (χ0) is 27.3. The zero-order valence-electron chi connectivity index (χ0n) is 21.8. The van der Waals surface area contributed by atoms with Crippen LogP contribution in [0.3, 0.4) is 0 Å². The van der Waals surface area contributed by atoms with Gasteiger partial charge in [0.2, 0.25) is 0 Å². The van der Waals surface area contributed by atoms with Gasteiger partial charge >= 0.3 is 11.9 Å². The highest BCUT2D eigenvalue weighted by molar-refractivity contribution is 5.91. The van der Waals surface area contributed by atoms with Crippen molar-refractivity contribution in [1.29, 1.82) is 0 Å². The number of hydrogen-bond acceptors (Lipinski definition) is 4. The van der Waals surface area contributed by atoms with Gasteiger partial charge in [-0.25, -0.2) is 9.59 Å². The maximum absolute atomic E-state index is 10.9. The van der Waals surface area contributed by atoms with Crippen molar-refractivity contribution < 1.29 is 24.9 Å². The van der Waals surface area contributed by atoms with Crippen LogP contribution in [0.2, 0.25) is 0 Å². The second-order valence-corrected chi connectivity index (χ2v) is 9.64. The lowest BCUT2D eigenvalue weighted by Gasteiger charge is -2.19. The Bertz CT molecular complexity index is 964. The van der Waals surface area contributed by atoms with E-state index >= 15 is 0 Å². The summed E-state index contributed by atoms with van der Waals surface area (Å²) >= 11 is 0. The number of carboxylic acids is 2. The minimum atomic E-state index is -1.19. The van der Waals surface area contributed by atoms with Crippen LogP contribution in [0.5, 0.6) is 5.75 Å². The van der Waals surface area contributed by atoms with Gasteiger partial charge < -0.3 is 21.1 Å². The number of phenols is 1. The molecule has 0 aliphatic rings. The summed E-state index contributed by atoms with van der Waals surface area (Å²) in [7, 11) is 0. The average molecular weight is 472 g/mol. The molecule has 6 heteroatoms. The Balaban J connectivity index is 0. The van der Waals surface area contributed by atoms with Crippen LogP contribution in [-0.4, -0.2) is 27.3 Å². The number of nitrogen functional groups attached to an aromatic ring is 1. The second kappa shape index (κ2) is 14.6. The molecule has 0 heterocycles. The topological polar surface area (TPSA) is 121 Å². The number of carbonyl (C=O) groups is 2. The molecule has 0 aliphatic heterocycles. The van der Waals surface area contributed by atoms with Gasteiger partial charge in [-0.15, -0.1) is 13.2 Å². The Hall–Kier alpha value is -3.54. The van der Waals surface area contributed by atoms with Crippen molar-refractivity contribution in [3.05, 3.63) is 84.0 Å². The molecule has 0 atom stereocenters. The molecule has 5 N–H and O–H groups in total. The van der Waals surface area contributed by atoms with Gasteiger partial charge in [0.15, 0.2) is 0 Å². The maximum Gasteiger partial charge on any atom is 0.339 e. The molecule has 2 aromatic rings. The van der Waals surface area contributed by atoms with Gasteiger partial charge in [-0.1, -0.05) is 65.8 Å². The first-order valence-corrected chi connectivity index (χ1v) is 10.8. The summed E-state index contributed by atoms with van der Waals surface area (Å²) in [6.45, 7) is 23.3. The van der Waals surface area contributed by atoms with E-state index in [1.54, 1.807) is 12.1 Å². The van der Waals surface area contributed by atoms with Gasteiger partial charge in [0.1, 0.15) is 11.3 Å². The van der Waals surface area contributed by atoms with Crippen molar-refractivity contribution in [3.63, 3.8) is 0 Å². The molecule has 0 saturated heterocycles. The van der Waals surface area contributed by atoms with Gasteiger partial charge in [-0.3, -0.25) is 0 Å². The van der Waals surface area contributed by atoms with E-state index in [9.17, 15) is 9.59 Å². The van der Waals surface area contributed by atoms with Crippen LogP contribution in [0, 0.1) is 12.3 Å². The van der Waals surface area contributed by atoms with Crippen LogP contribution >= 0.6 is 0 Å². The zero-order valence-corrected chi connectivity index (χ0v) is 21.8. The van der Waals surface area contributed by atoms with Gasteiger partial charge in [0.25, 0.3) is 0 Å². The highest BCUT2D eigenvalue weighted by Crippen LogP contribution is 2.24. The highest BCUT2D eigenvalue weighted by Gasteiger charge is 2.16. The minimum absolute atomic E-state index is 0.00208. The van der Waals surface area contributed by atoms with Crippen molar-refractivity contribution in [1.82, 2.24) is 0 Å². The van der Waals surface area contributed by atoms with Gasteiger partial charge in [-0.2, -0.15) is 0 Å². The Kier molecular flexibility index (Phi) is 14.0. The number of carboxylic acid groups (broad SMARTS) is 2. The Morgan fingerprint density at radius 2 is 1.32 bits per heavy atom. The second-order valence-electron chi connectivity index (χ2n) is 9.64. The van der Waals surface area contributed by atoms with E-state index in [1.165, 1.54) is 18.2 Å². The molecule has 0 spiro atoms. The van der Waals surface area contributed by atoms with Crippen molar-refractivity contribution in [2.45, 2.75) is 60.8 Å². The lowest BCUT2D eigenvalue weighted by Crippen LogP contribution is -2.13. The molecule has 34 heavy (non-hydrogen) atoms. The predicted octanol–water partition coefficient (Wildman–Crippen LogP) is 7.07. The molecule has 6 nitrogen and oxygen atoms in total. The van der Waals surface area contributed by atoms with Gasteiger partial charge in [0, 0.05) is 5.69 Å². The molecule has 0 aliphatic carbocycles. The molecule has 2 aromatic carbocycles. The third-order valence-electron chi connectivity index (χ3n) is 4.20. The Labute approximate surface area is 204 Å². The normalized spacial score (nSPS) is 10.1. The lowest BCUT2D eigenvalue weighted by molar-refractivity contribution is 0.0683. The molecule has 0 radical (unpaired) electrons. The Morgan fingerprint density at radius 3 is 1.65 bits per heavy atom. The number of nitrogens with two attached hydrogens (primary N) is 1. The summed E-state index contributed by atoms with van der Waals surface area (Å²) in [5, 5.41) is 26.4. The summed E-state index contributed by atoms with van der Waals surface area (Å²) in [4.78, 5) is 21.3. The van der Waals surface area contributed by atoms with E-state index in [1.807, 2.05) is 32.1 Å². The first-order chi connectivity index (χ1) is 15.4. The number of rotatable bonds is 2. The van der Waals surface area contributed by atoms with Crippen LogP contribution in [0.15, 0.2) is 61.7 Å². The van der Waals surface area contributed by atoms with E-state index in [0.717, 1.165) is 11.1 Å².